The average Bonchev–Trinajstić information content (AvgIpc) is 4.04. The molecule has 3 fully saturated rings. The number of ketones is 1. The lowest BCUT2D eigenvalue weighted by Gasteiger charge is -2.47. The maximum atomic E-state index is 17.4. The van der Waals surface area contributed by atoms with Gasteiger partial charge in [0, 0.05) is 44.4 Å². The molecular formula is C47H67FN10O10S. The third-order valence-corrected chi connectivity index (χ3v) is 15.0. The summed E-state index contributed by atoms with van der Waals surface area (Å²) < 4.78 is 52.5. The first-order chi connectivity index (χ1) is 32.6. The zero-order chi connectivity index (χ0) is 50.2. The SMILES string of the molecule is CC[C@H]1OC(=O)C(C)(F)C(=O)[C@H](C)[C@@H](O[C@@H]2O[C@H](C)CC(N(C)C)C2O)[C@](C)(OC)C[C@@H](C)CN[C@H](C)[C@H]2N(CCCCn3cc(-c4nc5ccccc5s4)nn3)C(=O)O[C@]12n1ccc(N)nc1=O. The van der Waals surface area contributed by atoms with Crippen molar-refractivity contribution in [1.29, 1.82) is 0 Å². The fraction of sp³-hybridized carbons (Fsp3) is 0.660. The number of hydrogen-bond acceptors (Lipinski definition) is 18. The summed E-state index contributed by atoms with van der Waals surface area (Å²) in [6.45, 7) is 12.1. The zero-order valence-corrected chi connectivity index (χ0v) is 41.9. The quantitative estimate of drug-likeness (QED) is 0.103. The number of carbonyl (C=O) groups excluding carboxylic acids is 3. The van der Waals surface area contributed by atoms with Crippen molar-refractivity contribution in [3.05, 3.63) is 53.2 Å². The molecule has 3 aliphatic heterocycles. The van der Waals surface area contributed by atoms with Gasteiger partial charge < -0.3 is 44.7 Å². The van der Waals surface area contributed by atoms with E-state index in [2.05, 4.69) is 25.6 Å². The standard InChI is InChI=1S/C47H67FN10O10S/c1-11-34-47(58-21-18-35(49)52-43(58)62)37(57(44(63)68-47)20-15-14-19-56-25-31(53-54-56)40-51-30-16-12-13-17-33(30)69-40)29(5)50-24-26(2)23-45(6,64-10)39(28(4)38(60)46(7,48)42(61)66-34)67-41-36(59)32(55(8)9)22-27(3)65-41/h12-13,16-18,21,25-29,32,34,36-37,39,41,50,59H,11,14-15,19-20,22-24H2,1-10H3,(H2,49,52,62)/t26-,27-,28+,29-,32?,34-,36?,37-,39-,41+,45-,46?,47-/m1/s1. The molecule has 0 saturated carbocycles. The normalized spacial score (nSPS) is 34.0. The van der Waals surface area contributed by atoms with Crippen LogP contribution in [0.4, 0.5) is 15.0 Å². The summed E-state index contributed by atoms with van der Waals surface area (Å²) in [5.41, 5.74) is -0.246. The number of anilines is 1. The molecule has 20 nitrogen and oxygen atoms in total. The number of para-hydroxylation sites is 1. The molecule has 0 spiro atoms. The van der Waals surface area contributed by atoms with E-state index in [4.69, 9.17) is 29.4 Å². The molecule has 69 heavy (non-hydrogen) atoms. The van der Waals surface area contributed by atoms with E-state index in [1.165, 1.54) is 42.5 Å². The van der Waals surface area contributed by atoms with E-state index in [0.29, 0.717) is 38.0 Å². The number of unbranched alkanes of at least 4 members (excludes halogenated alkanes) is 1. The van der Waals surface area contributed by atoms with E-state index >= 15 is 4.39 Å². The number of methoxy groups -OCH3 is 1. The number of carbonyl (C=O) groups is 3. The van der Waals surface area contributed by atoms with Gasteiger partial charge in [0.1, 0.15) is 28.7 Å². The van der Waals surface area contributed by atoms with Crippen molar-refractivity contribution in [2.24, 2.45) is 11.8 Å². The van der Waals surface area contributed by atoms with Gasteiger partial charge in [-0.2, -0.15) is 4.98 Å². The van der Waals surface area contributed by atoms with Crippen LogP contribution in [-0.4, -0.2) is 157 Å². The molecule has 0 bridgehead atoms. The Morgan fingerprint density at radius 2 is 1.78 bits per heavy atom. The molecule has 7 rings (SSSR count). The maximum Gasteiger partial charge on any atom is 0.412 e. The van der Waals surface area contributed by atoms with Crippen molar-refractivity contribution >= 4 is 45.2 Å². The third kappa shape index (κ3) is 10.3. The largest absolute Gasteiger partial charge is 0.453 e. The molecule has 3 aromatic heterocycles. The van der Waals surface area contributed by atoms with Crippen LogP contribution in [0.25, 0.3) is 20.9 Å². The Labute approximate surface area is 405 Å². The number of thiazole rings is 1. The van der Waals surface area contributed by atoms with E-state index in [0.717, 1.165) is 26.7 Å². The van der Waals surface area contributed by atoms with E-state index in [9.17, 15) is 24.3 Å². The monoisotopic (exact) mass is 982 g/mol. The summed E-state index contributed by atoms with van der Waals surface area (Å²) in [4.78, 5) is 69.5. The van der Waals surface area contributed by atoms with Crippen molar-refractivity contribution < 1.29 is 47.6 Å². The number of cyclic esters (lactones) is 1. The van der Waals surface area contributed by atoms with E-state index in [-0.39, 0.29) is 43.3 Å². The second-order valence-electron chi connectivity index (χ2n) is 19.4. The zero-order valence-electron chi connectivity index (χ0n) is 41.0. The predicted molar refractivity (Wildman–Crippen MR) is 254 cm³/mol. The minimum Gasteiger partial charge on any atom is -0.453 e. The van der Waals surface area contributed by atoms with Gasteiger partial charge in [0.15, 0.2) is 18.2 Å². The molecule has 1 aromatic carbocycles. The number of aliphatic hydroxyl groups excluding tert-OH is 1. The number of nitrogens with one attached hydrogen (secondary N) is 1. The number of ether oxygens (including phenoxy) is 5. The number of benzene rings is 1. The first kappa shape index (κ1) is 51.9. The van der Waals surface area contributed by atoms with Crippen LogP contribution < -0.4 is 16.7 Å². The lowest BCUT2D eigenvalue weighted by atomic mass is 9.78. The predicted octanol–water partition coefficient (Wildman–Crippen LogP) is 4.14. The lowest BCUT2D eigenvalue weighted by molar-refractivity contribution is -0.295. The Bertz CT molecular complexity index is 2490. The van der Waals surface area contributed by atoms with Crippen LogP contribution in [0.1, 0.15) is 80.6 Å². The second-order valence-corrected chi connectivity index (χ2v) is 20.5. The van der Waals surface area contributed by atoms with Gasteiger partial charge in [-0.25, -0.2) is 23.8 Å². The number of amides is 1. The number of halogens is 1. The van der Waals surface area contributed by atoms with Gasteiger partial charge in [-0.15, -0.1) is 16.4 Å². The number of rotatable bonds is 12. The number of Topliss-reactive ketones (excluding diaryl/α,β-unsaturated/α-hetero) is 1. The number of hydrogen-bond donors (Lipinski definition) is 3. The van der Waals surface area contributed by atoms with Crippen LogP contribution in [0.3, 0.4) is 0 Å². The number of esters is 1. The van der Waals surface area contributed by atoms with Crippen molar-refractivity contribution in [3.8, 4) is 10.7 Å². The summed E-state index contributed by atoms with van der Waals surface area (Å²) >= 11 is 1.52. The van der Waals surface area contributed by atoms with Gasteiger partial charge in [-0.3, -0.25) is 18.9 Å². The molecule has 6 heterocycles. The summed E-state index contributed by atoms with van der Waals surface area (Å²) in [6.07, 6.45) is -1.64. The number of nitrogens with two attached hydrogens (primary N) is 1. The van der Waals surface area contributed by atoms with Gasteiger partial charge in [-0.1, -0.05) is 38.1 Å². The molecule has 0 radical (unpaired) electrons. The summed E-state index contributed by atoms with van der Waals surface area (Å²) in [7, 11) is 5.12. The van der Waals surface area contributed by atoms with Crippen molar-refractivity contribution in [3.63, 3.8) is 0 Å². The van der Waals surface area contributed by atoms with E-state index in [1.54, 1.807) is 18.5 Å². The van der Waals surface area contributed by atoms with Crippen LogP contribution in [0, 0.1) is 11.8 Å². The van der Waals surface area contributed by atoms with Gasteiger partial charge in [0.2, 0.25) is 0 Å². The fourth-order valence-electron chi connectivity index (χ4n) is 10.3. The second kappa shape index (κ2) is 20.8. The highest BCUT2D eigenvalue weighted by molar-refractivity contribution is 7.21. The van der Waals surface area contributed by atoms with E-state index in [1.807, 2.05) is 70.2 Å². The third-order valence-electron chi connectivity index (χ3n) is 14.0. The summed E-state index contributed by atoms with van der Waals surface area (Å²) in [5.74, 6) is -4.51. The molecular weight excluding hydrogens is 916 g/mol. The highest BCUT2D eigenvalue weighted by atomic mass is 32.1. The number of likely N-dealkylation sites (N-methyl/N-ethyl adjacent to an activating group) is 1. The Morgan fingerprint density at radius 3 is 2.46 bits per heavy atom. The Hall–Kier alpha value is -4.97. The van der Waals surface area contributed by atoms with Crippen molar-refractivity contribution in [1.82, 2.24) is 44.6 Å². The Morgan fingerprint density at radius 1 is 1.06 bits per heavy atom. The maximum absolute atomic E-state index is 17.4. The lowest BCUT2D eigenvalue weighted by Crippen LogP contribution is -2.65. The Balaban J connectivity index is 1.22. The molecule has 0 aliphatic carbocycles. The van der Waals surface area contributed by atoms with Crippen LogP contribution in [0.2, 0.25) is 0 Å². The number of alkyl halides is 1. The van der Waals surface area contributed by atoms with Gasteiger partial charge in [-0.05, 0) is 105 Å². The van der Waals surface area contributed by atoms with Gasteiger partial charge in [0.25, 0.3) is 11.4 Å². The first-order valence-electron chi connectivity index (χ1n) is 23.6. The number of aliphatic hydroxyl groups is 1. The fourth-order valence-corrected chi connectivity index (χ4v) is 11.2. The molecule has 13 atom stereocenters. The van der Waals surface area contributed by atoms with Crippen LogP contribution in [0.15, 0.2) is 47.5 Å². The van der Waals surface area contributed by atoms with E-state index < -0.39 is 83.1 Å². The van der Waals surface area contributed by atoms with Crippen LogP contribution in [0.5, 0.6) is 0 Å². The molecule has 22 heteroatoms. The average molecular weight is 983 g/mol. The highest BCUT2D eigenvalue weighted by Crippen LogP contribution is 2.43. The van der Waals surface area contributed by atoms with Crippen molar-refractivity contribution in [2.45, 2.75) is 153 Å². The number of nitrogen functional groups attached to an aromatic ring is 1. The molecule has 3 saturated heterocycles. The number of aryl methyl sites for hydroxylation is 1. The molecule has 4 N–H and O–H groups in total. The smallest absolute Gasteiger partial charge is 0.412 e. The topological polar surface area (TPSA) is 241 Å². The number of nitrogens with zero attached hydrogens (tertiary/aromatic N) is 8. The summed E-state index contributed by atoms with van der Waals surface area (Å²) in [5, 5.41) is 24.5. The Kier molecular flexibility index (Phi) is 15.6. The molecule has 3 unspecified atom stereocenters. The van der Waals surface area contributed by atoms with Crippen molar-refractivity contribution in [2.75, 3.05) is 40.0 Å². The highest BCUT2D eigenvalue weighted by Gasteiger charge is 2.64. The first-order valence-corrected chi connectivity index (χ1v) is 24.5. The molecule has 3 aliphatic rings. The molecule has 1 amide bonds. The van der Waals surface area contributed by atoms with Gasteiger partial charge in [0.05, 0.1) is 34.2 Å². The number of fused-ring (bicyclic) bond motifs is 2. The minimum absolute atomic E-state index is 0.109. The van der Waals surface area contributed by atoms with Crippen LogP contribution in [-0.2, 0) is 45.5 Å². The summed E-state index contributed by atoms with van der Waals surface area (Å²) in [6, 6.07) is 7.01. The number of aromatic nitrogens is 6. The van der Waals surface area contributed by atoms with Crippen LogP contribution >= 0.6 is 11.3 Å². The molecule has 4 aromatic rings. The molecule has 378 valence electrons. The van der Waals surface area contributed by atoms with Gasteiger partial charge >= 0.3 is 17.8 Å². The minimum atomic E-state index is -3.32.